The van der Waals surface area contributed by atoms with E-state index in [0.29, 0.717) is 12.5 Å². The minimum Gasteiger partial charge on any atom is -0.476 e. The summed E-state index contributed by atoms with van der Waals surface area (Å²) in [6, 6.07) is 0. The summed E-state index contributed by atoms with van der Waals surface area (Å²) < 4.78 is 5.37. The summed E-state index contributed by atoms with van der Waals surface area (Å²) in [6.45, 7) is 4.74. The lowest BCUT2D eigenvalue weighted by Gasteiger charge is -2.11. The highest BCUT2D eigenvalue weighted by Gasteiger charge is 2.08. The molecule has 0 fully saturated rings. The SMILES string of the molecule is CCCC(C)COc1nc[nH]c(=O)c1Cl. The van der Waals surface area contributed by atoms with Gasteiger partial charge in [-0.1, -0.05) is 31.9 Å². The van der Waals surface area contributed by atoms with Crippen LogP contribution < -0.4 is 10.3 Å². The predicted octanol–water partition coefficient (Wildman–Crippen LogP) is 2.24. The molecule has 1 aromatic heterocycles. The number of rotatable bonds is 5. The lowest BCUT2D eigenvalue weighted by Crippen LogP contribution is -2.13. The van der Waals surface area contributed by atoms with Gasteiger partial charge in [0.2, 0.25) is 5.88 Å². The van der Waals surface area contributed by atoms with Gasteiger partial charge in [0.1, 0.15) is 0 Å². The van der Waals surface area contributed by atoms with Crippen molar-refractivity contribution in [2.45, 2.75) is 26.7 Å². The van der Waals surface area contributed by atoms with Crippen molar-refractivity contribution in [3.8, 4) is 5.88 Å². The van der Waals surface area contributed by atoms with Crippen molar-refractivity contribution < 1.29 is 4.74 Å². The van der Waals surface area contributed by atoms with Gasteiger partial charge in [0.05, 0.1) is 12.9 Å². The first-order valence-corrected chi connectivity index (χ1v) is 5.39. The third-order valence-electron chi connectivity index (χ3n) is 2.05. The van der Waals surface area contributed by atoms with Gasteiger partial charge in [-0.3, -0.25) is 4.79 Å². The van der Waals surface area contributed by atoms with Crippen LogP contribution in [-0.4, -0.2) is 16.6 Å². The summed E-state index contributed by atoms with van der Waals surface area (Å²) in [6.07, 6.45) is 3.48. The molecule has 4 nitrogen and oxygen atoms in total. The van der Waals surface area contributed by atoms with Crippen LogP contribution in [0.3, 0.4) is 0 Å². The standard InChI is InChI=1S/C10H15ClN2O2/c1-3-4-7(2)5-15-10-8(11)9(14)12-6-13-10/h6-7H,3-5H2,1-2H3,(H,12,13,14). The second-order valence-electron chi connectivity index (χ2n) is 3.56. The van der Waals surface area contributed by atoms with Crippen LogP contribution in [0.25, 0.3) is 0 Å². The lowest BCUT2D eigenvalue weighted by atomic mass is 10.1. The average Bonchev–Trinajstić information content (AvgIpc) is 2.21. The normalized spacial score (nSPS) is 12.5. The number of aromatic amines is 1. The molecule has 0 aliphatic carbocycles. The molecule has 1 N–H and O–H groups in total. The smallest absolute Gasteiger partial charge is 0.273 e. The molecular formula is C10H15ClN2O2. The topological polar surface area (TPSA) is 55.0 Å². The van der Waals surface area contributed by atoms with E-state index in [1.54, 1.807) is 0 Å². The lowest BCUT2D eigenvalue weighted by molar-refractivity contribution is 0.242. The average molecular weight is 231 g/mol. The zero-order chi connectivity index (χ0) is 11.3. The maximum absolute atomic E-state index is 11.1. The third-order valence-corrected chi connectivity index (χ3v) is 2.38. The second kappa shape index (κ2) is 5.75. The van der Waals surface area contributed by atoms with Crippen LogP contribution in [0.1, 0.15) is 26.7 Å². The van der Waals surface area contributed by atoms with Crippen LogP contribution >= 0.6 is 11.6 Å². The summed E-state index contributed by atoms with van der Waals surface area (Å²) in [5.41, 5.74) is -0.371. The number of halogens is 1. The van der Waals surface area contributed by atoms with Crippen LogP contribution in [-0.2, 0) is 0 Å². The molecule has 0 bridgehead atoms. The van der Waals surface area contributed by atoms with E-state index < -0.39 is 0 Å². The minimum absolute atomic E-state index is 0.0150. The van der Waals surface area contributed by atoms with Crippen LogP contribution in [0, 0.1) is 5.92 Å². The van der Waals surface area contributed by atoms with Crippen molar-refractivity contribution in [1.29, 1.82) is 0 Å². The number of nitrogens with one attached hydrogen (secondary N) is 1. The van der Waals surface area contributed by atoms with Crippen molar-refractivity contribution in [3.05, 3.63) is 21.7 Å². The summed E-state index contributed by atoms with van der Waals surface area (Å²) >= 11 is 5.72. The third kappa shape index (κ3) is 3.55. The Morgan fingerprint density at radius 1 is 1.67 bits per heavy atom. The summed E-state index contributed by atoms with van der Waals surface area (Å²) in [4.78, 5) is 17.3. The summed E-state index contributed by atoms with van der Waals surface area (Å²) in [5, 5.41) is 0.0150. The van der Waals surface area contributed by atoms with E-state index in [9.17, 15) is 4.79 Å². The van der Waals surface area contributed by atoms with E-state index in [2.05, 4.69) is 23.8 Å². The molecule has 0 saturated heterocycles. The Morgan fingerprint density at radius 3 is 3.07 bits per heavy atom. The molecule has 1 aromatic rings. The van der Waals surface area contributed by atoms with Crippen LogP contribution in [0.15, 0.2) is 11.1 Å². The molecule has 0 saturated carbocycles. The van der Waals surface area contributed by atoms with Gasteiger partial charge < -0.3 is 9.72 Å². The Bertz CT molecular complexity index is 365. The van der Waals surface area contributed by atoms with Gasteiger partial charge in [-0.2, -0.15) is 0 Å². The highest BCUT2D eigenvalue weighted by Crippen LogP contribution is 2.16. The zero-order valence-electron chi connectivity index (χ0n) is 8.92. The Kier molecular flexibility index (Phi) is 4.62. The van der Waals surface area contributed by atoms with Crippen molar-refractivity contribution in [3.63, 3.8) is 0 Å². The predicted molar refractivity (Wildman–Crippen MR) is 59.4 cm³/mol. The van der Waals surface area contributed by atoms with Crippen molar-refractivity contribution in [2.24, 2.45) is 5.92 Å². The van der Waals surface area contributed by atoms with Crippen LogP contribution in [0.4, 0.5) is 0 Å². The molecule has 1 rings (SSSR count). The van der Waals surface area contributed by atoms with Crippen LogP contribution in [0.5, 0.6) is 5.88 Å². The van der Waals surface area contributed by atoms with Gasteiger partial charge in [-0.25, -0.2) is 4.98 Å². The second-order valence-corrected chi connectivity index (χ2v) is 3.93. The molecule has 0 radical (unpaired) electrons. The minimum atomic E-state index is -0.371. The first kappa shape index (κ1) is 12.0. The molecule has 0 aliphatic rings. The van der Waals surface area contributed by atoms with E-state index in [1.165, 1.54) is 6.33 Å². The fourth-order valence-corrected chi connectivity index (χ4v) is 1.42. The Labute approximate surface area is 93.6 Å². The van der Waals surface area contributed by atoms with E-state index in [1.807, 2.05) is 0 Å². The highest BCUT2D eigenvalue weighted by atomic mass is 35.5. The van der Waals surface area contributed by atoms with Gasteiger partial charge in [0.15, 0.2) is 5.02 Å². The first-order valence-electron chi connectivity index (χ1n) is 5.01. The Morgan fingerprint density at radius 2 is 2.40 bits per heavy atom. The summed E-state index contributed by atoms with van der Waals surface area (Å²) in [7, 11) is 0. The number of aromatic nitrogens is 2. The number of ether oxygens (including phenoxy) is 1. The van der Waals surface area contributed by atoms with Crippen molar-refractivity contribution in [2.75, 3.05) is 6.61 Å². The van der Waals surface area contributed by atoms with Gasteiger partial charge in [0.25, 0.3) is 5.56 Å². The van der Waals surface area contributed by atoms with E-state index in [-0.39, 0.29) is 16.5 Å². The van der Waals surface area contributed by atoms with Crippen molar-refractivity contribution >= 4 is 11.6 Å². The van der Waals surface area contributed by atoms with Gasteiger partial charge in [0, 0.05) is 0 Å². The molecule has 1 unspecified atom stereocenters. The molecule has 5 heteroatoms. The number of hydrogen-bond acceptors (Lipinski definition) is 3. The molecule has 0 aliphatic heterocycles. The summed E-state index contributed by atoms with van der Waals surface area (Å²) in [5.74, 6) is 0.649. The molecule has 0 spiro atoms. The number of hydrogen-bond donors (Lipinski definition) is 1. The monoisotopic (exact) mass is 230 g/mol. The van der Waals surface area contributed by atoms with Gasteiger partial charge in [-0.15, -0.1) is 0 Å². The largest absolute Gasteiger partial charge is 0.476 e. The fraction of sp³-hybridized carbons (Fsp3) is 0.600. The molecule has 1 heterocycles. The number of nitrogens with zero attached hydrogens (tertiary/aromatic N) is 1. The highest BCUT2D eigenvalue weighted by molar-refractivity contribution is 6.31. The van der Waals surface area contributed by atoms with Gasteiger partial charge >= 0.3 is 0 Å². The molecule has 84 valence electrons. The Balaban J connectivity index is 2.58. The van der Waals surface area contributed by atoms with E-state index in [4.69, 9.17) is 16.3 Å². The van der Waals surface area contributed by atoms with Gasteiger partial charge in [-0.05, 0) is 12.3 Å². The van der Waals surface area contributed by atoms with E-state index >= 15 is 0 Å². The molecule has 1 atom stereocenters. The van der Waals surface area contributed by atoms with E-state index in [0.717, 1.165) is 12.8 Å². The zero-order valence-corrected chi connectivity index (χ0v) is 9.67. The Hall–Kier alpha value is -1.03. The maximum atomic E-state index is 11.1. The molecular weight excluding hydrogens is 216 g/mol. The quantitative estimate of drug-likeness (QED) is 0.844. The number of H-pyrrole nitrogens is 1. The van der Waals surface area contributed by atoms with Crippen molar-refractivity contribution in [1.82, 2.24) is 9.97 Å². The first-order chi connectivity index (χ1) is 7.15. The fourth-order valence-electron chi connectivity index (χ4n) is 1.26. The maximum Gasteiger partial charge on any atom is 0.273 e. The molecule has 0 aromatic carbocycles. The van der Waals surface area contributed by atoms with Crippen LogP contribution in [0.2, 0.25) is 5.02 Å². The molecule has 0 amide bonds. The molecule has 15 heavy (non-hydrogen) atoms.